The maximum Gasteiger partial charge on any atom is 0.0391 e. The zero-order valence-corrected chi connectivity index (χ0v) is 11.7. The molecule has 0 heterocycles. The van der Waals surface area contributed by atoms with Crippen LogP contribution in [0.2, 0.25) is 0 Å². The summed E-state index contributed by atoms with van der Waals surface area (Å²) in [6, 6.07) is 6.85. The van der Waals surface area contributed by atoms with Crippen molar-refractivity contribution in [2.45, 2.75) is 53.0 Å². The van der Waals surface area contributed by atoms with Gasteiger partial charge in [0, 0.05) is 24.0 Å². The van der Waals surface area contributed by atoms with Crippen molar-refractivity contribution in [1.82, 2.24) is 0 Å². The molecule has 2 heteroatoms. The van der Waals surface area contributed by atoms with E-state index in [9.17, 15) is 0 Å². The largest absolute Gasteiger partial charge is 0.399 e. The smallest absolute Gasteiger partial charge is 0.0391 e. The van der Waals surface area contributed by atoms with Crippen molar-refractivity contribution in [3.63, 3.8) is 0 Å². The van der Waals surface area contributed by atoms with Gasteiger partial charge in [-0.2, -0.15) is 0 Å². The lowest BCUT2D eigenvalue weighted by Crippen LogP contribution is -2.31. The first kappa shape index (κ1) is 13.9. The molecule has 0 spiro atoms. The Labute approximate surface area is 106 Å². The van der Waals surface area contributed by atoms with E-state index in [1.807, 2.05) is 6.07 Å². The Bertz CT molecular complexity index is 325. The summed E-state index contributed by atoms with van der Waals surface area (Å²) < 4.78 is 0. The third-order valence-corrected chi connectivity index (χ3v) is 3.04. The number of hydrogen-bond donors (Lipinski definition) is 1. The summed E-state index contributed by atoms with van der Waals surface area (Å²) in [7, 11) is 0. The third kappa shape index (κ3) is 4.29. The van der Waals surface area contributed by atoms with Crippen LogP contribution in [0.25, 0.3) is 0 Å². The summed E-state index contributed by atoms with van der Waals surface area (Å²) in [5.41, 5.74) is 9.28. The van der Waals surface area contributed by atoms with E-state index in [-0.39, 0.29) is 0 Å². The molecule has 0 amide bonds. The topological polar surface area (TPSA) is 29.3 Å². The van der Waals surface area contributed by atoms with E-state index in [0.29, 0.717) is 6.04 Å². The second kappa shape index (κ2) is 6.53. The normalized spacial score (nSPS) is 10.9. The molecule has 1 aromatic carbocycles. The van der Waals surface area contributed by atoms with Crippen molar-refractivity contribution in [3.8, 4) is 0 Å². The average Bonchev–Trinajstić information content (AvgIpc) is 2.22. The van der Waals surface area contributed by atoms with Gasteiger partial charge in [0.25, 0.3) is 0 Å². The molecule has 2 nitrogen and oxygen atoms in total. The van der Waals surface area contributed by atoms with E-state index in [4.69, 9.17) is 5.73 Å². The van der Waals surface area contributed by atoms with Gasteiger partial charge in [0.1, 0.15) is 0 Å². The van der Waals surface area contributed by atoms with Gasteiger partial charge in [-0.15, -0.1) is 0 Å². The molecule has 0 aromatic heterocycles. The molecule has 17 heavy (non-hydrogen) atoms. The number of nitrogen functional groups attached to an aromatic ring is 1. The van der Waals surface area contributed by atoms with Gasteiger partial charge in [0.15, 0.2) is 0 Å². The van der Waals surface area contributed by atoms with Crippen LogP contribution >= 0.6 is 0 Å². The number of rotatable bonds is 6. The second-order valence-electron chi connectivity index (χ2n) is 5.10. The van der Waals surface area contributed by atoms with Crippen LogP contribution in [0.4, 0.5) is 11.4 Å². The fraction of sp³-hybridized carbons (Fsp3) is 0.600. The molecule has 0 atom stereocenters. The number of benzene rings is 1. The number of hydrogen-bond acceptors (Lipinski definition) is 2. The number of anilines is 2. The van der Waals surface area contributed by atoms with Gasteiger partial charge < -0.3 is 10.6 Å². The lowest BCUT2D eigenvalue weighted by atomic mass is 10.1. The molecule has 0 aliphatic rings. The summed E-state index contributed by atoms with van der Waals surface area (Å²) in [5.74, 6) is 0. The lowest BCUT2D eigenvalue weighted by Gasteiger charge is -2.29. The van der Waals surface area contributed by atoms with Crippen LogP contribution in [0.1, 0.15) is 45.6 Å². The molecule has 96 valence electrons. The highest BCUT2D eigenvalue weighted by atomic mass is 15.1. The van der Waals surface area contributed by atoms with Crippen molar-refractivity contribution in [2.24, 2.45) is 0 Å². The molecular weight excluding hydrogens is 208 g/mol. The Balaban J connectivity index is 2.81. The minimum absolute atomic E-state index is 0.521. The fourth-order valence-electron chi connectivity index (χ4n) is 2.18. The SMILES string of the molecule is CCCCCN(c1cc(C)cc(N)c1)C(C)C. The minimum atomic E-state index is 0.521. The molecule has 0 unspecified atom stereocenters. The van der Waals surface area contributed by atoms with E-state index < -0.39 is 0 Å². The Morgan fingerprint density at radius 3 is 2.41 bits per heavy atom. The molecule has 1 rings (SSSR count). The molecular formula is C15H26N2. The Kier molecular flexibility index (Phi) is 5.33. The third-order valence-electron chi connectivity index (χ3n) is 3.04. The van der Waals surface area contributed by atoms with E-state index in [1.54, 1.807) is 0 Å². The first-order valence-corrected chi connectivity index (χ1v) is 6.68. The molecule has 0 aliphatic heterocycles. The molecule has 1 aromatic rings. The molecule has 0 saturated carbocycles. The van der Waals surface area contributed by atoms with Crippen molar-refractivity contribution in [1.29, 1.82) is 0 Å². The van der Waals surface area contributed by atoms with Gasteiger partial charge in [0.05, 0.1) is 0 Å². The standard InChI is InChI=1S/C15H26N2/c1-5-6-7-8-17(12(2)3)15-10-13(4)9-14(16)11-15/h9-12H,5-8,16H2,1-4H3. The molecule has 0 fully saturated rings. The zero-order valence-electron chi connectivity index (χ0n) is 11.7. The van der Waals surface area contributed by atoms with Crippen LogP contribution in [0.3, 0.4) is 0 Å². The highest BCUT2D eigenvalue weighted by Gasteiger charge is 2.10. The van der Waals surface area contributed by atoms with E-state index in [1.165, 1.54) is 30.5 Å². The van der Waals surface area contributed by atoms with Gasteiger partial charge in [-0.3, -0.25) is 0 Å². The van der Waals surface area contributed by atoms with Gasteiger partial charge in [-0.25, -0.2) is 0 Å². The molecule has 0 bridgehead atoms. The number of nitrogens with two attached hydrogens (primary N) is 1. The average molecular weight is 234 g/mol. The Morgan fingerprint density at radius 2 is 1.88 bits per heavy atom. The second-order valence-corrected chi connectivity index (χ2v) is 5.10. The monoisotopic (exact) mass is 234 g/mol. The van der Waals surface area contributed by atoms with Gasteiger partial charge in [-0.1, -0.05) is 19.8 Å². The van der Waals surface area contributed by atoms with Gasteiger partial charge in [0.2, 0.25) is 0 Å². The van der Waals surface area contributed by atoms with Crippen molar-refractivity contribution in [2.75, 3.05) is 17.2 Å². The maximum absolute atomic E-state index is 5.93. The summed E-state index contributed by atoms with van der Waals surface area (Å²) in [6.07, 6.45) is 3.81. The predicted octanol–water partition coefficient (Wildman–Crippen LogP) is 3.98. The summed E-state index contributed by atoms with van der Waals surface area (Å²) in [5, 5.41) is 0. The van der Waals surface area contributed by atoms with E-state index >= 15 is 0 Å². The van der Waals surface area contributed by atoms with Gasteiger partial charge in [-0.05, 0) is 51.0 Å². The van der Waals surface area contributed by atoms with Crippen molar-refractivity contribution in [3.05, 3.63) is 23.8 Å². The van der Waals surface area contributed by atoms with Crippen LogP contribution in [-0.2, 0) is 0 Å². The van der Waals surface area contributed by atoms with Crippen LogP contribution in [0, 0.1) is 6.92 Å². The van der Waals surface area contributed by atoms with Crippen molar-refractivity contribution >= 4 is 11.4 Å². The molecule has 0 aliphatic carbocycles. The Morgan fingerprint density at radius 1 is 1.18 bits per heavy atom. The summed E-state index contributed by atoms with van der Waals surface area (Å²) in [6.45, 7) is 9.94. The number of unbranched alkanes of at least 4 members (excludes halogenated alkanes) is 2. The molecule has 0 radical (unpaired) electrons. The van der Waals surface area contributed by atoms with Crippen LogP contribution < -0.4 is 10.6 Å². The summed E-state index contributed by atoms with van der Waals surface area (Å²) in [4.78, 5) is 2.44. The van der Waals surface area contributed by atoms with Crippen molar-refractivity contribution < 1.29 is 0 Å². The van der Waals surface area contributed by atoms with Crippen LogP contribution in [0.5, 0.6) is 0 Å². The molecule has 2 N–H and O–H groups in total. The number of nitrogens with zero attached hydrogens (tertiary/aromatic N) is 1. The Hall–Kier alpha value is -1.18. The van der Waals surface area contributed by atoms with E-state index in [0.717, 1.165) is 12.2 Å². The molecule has 0 saturated heterocycles. The van der Waals surface area contributed by atoms with Crippen LogP contribution in [0.15, 0.2) is 18.2 Å². The maximum atomic E-state index is 5.93. The zero-order chi connectivity index (χ0) is 12.8. The first-order chi connectivity index (χ1) is 8.04. The number of aryl methyl sites for hydroxylation is 1. The highest BCUT2D eigenvalue weighted by molar-refractivity contribution is 5.58. The first-order valence-electron chi connectivity index (χ1n) is 6.68. The fourth-order valence-corrected chi connectivity index (χ4v) is 2.18. The van der Waals surface area contributed by atoms with E-state index in [2.05, 4.69) is 44.7 Å². The predicted molar refractivity (Wildman–Crippen MR) is 77.6 cm³/mol. The summed E-state index contributed by atoms with van der Waals surface area (Å²) >= 11 is 0. The van der Waals surface area contributed by atoms with Gasteiger partial charge >= 0.3 is 0 Å². The lowest BCUT2D eigenvalue weighted by molar-refractivity contribution is 0.626. The quantitative estimate of drug-likeness (QED) is 0.596. The van der Waals surface area contributed by atoms with Crippen LogP contribution in [-0.4, -0.2) is 12.6 Å². The minimum Gasteiger partial charge on any atom is -0.399 e. The highest BCUT2D eigenvalue weighted by Crippen LogP contribution is 2.22.